The van der Waals surface area contributed by atoms with Gasteiger partial charge in [0.15, 0.2) is 0 Å². The normalized spacial score (nSPS) is 10.5. The molecule has 0 atom stereocenters. The van der Waals surface area contributed by atoms with Crippen molar-refractivity contribution in [1.82, 2.24) is 9.88 Å². The fourth-order valence-corrected chi connectivity index (χ4v) is 3.41. The molecule has 0 aliphatic carbocycles. The second-order valence-electron chi connectivity index (χ2n) is 5.87. The lowest BCUT2D eigenvalue weighted by atomic mass is 10.1. The monoisotopic (exact) mass is 366 g/mol. The number of amides is 1. The van der Waals surface area contributed by atoms with Gasteiger partial charge in [-0.3, -0.25) is 9.78 Å². The number of aromatic nitrogens is 1. The maximum absolute atomic E-state index is 13.0. The van der Waals surface area contributed by atoms with E-state index in [1.165, 1.54) is 4.88 Å². The Morgan fingerprint density at radius 2 is 2.00 bits per heavy atom. The molecule has 5 heteroatoms. The topological polar surface area (TPSA) is 42.4 Å². The number of rotatable bonds is 8. The zero-order valence-corrected chi connectivity index (χ0v) is 15.6. The molecule has 1 amide bonds. The van der Waals surface area contributed by atoms with Crippen LogP contribution in [0.3, 0.4) is 0 Å². The highest BCUT2D eigenvalue weighted by Gasteiger charge is 2.16. The van der Waals surface area contributed by atoms with E-state index in [2.05, 4.69) is 16.4 Å². The van der Waals surface area contributed by atoms with Crippen molar-refractivity contribution in [3.05, 3.63) is 82.3 Å². The Labute approximate surface area is 158 Å². The molecule has 0 radical (unpaired) electrons. The molecular weight excluding hydrogens is 344 g/mol. The number of thiophene rings is 1. The Hall–Kier alpha value is -2.66. The summed E-state index contributed by atoms with van der Waals surface area (Å²) in [4.78, 5) is 20.4. The van der Waals surface area contributed by atoms with Gasteiger partial charge in [0, 0.05) is 35.9 Å². The molecule has 0 saturated heterocycles. The number of carbonyl (C=O) groups excluding carboxylic acids is 1. The number of pyridine rings is 1. The molecule has 0 spiro atoms. The van der Waals surface area contributed by atoms with E-state index in [-0.39, 0.29) is 5.91 Å². The van der Waals surface area contributed by atoms with Gasteiger partial charge >= 0.3 is 0 Å². The predicted octanol–water partition coefficient (Wildman–Crippen LogP) is 4.43. The zero-order chi connectivity index (χ0) is 18.2. The van der Waals surface area contributed by atoms with E-state index in [0.29, 0.717) is 25.3 Å². The lowest BCUT2D eigenvalue weighted by Crippen LogP contribution is -2.32. The summed E-state index contributed by atoms with van der Waals surface area (Å²) in [6.45, 7) is 3.77. The summed E-state index contributed by atoms with van der Waals surface area (Å²) in [6, 6.07) is 15.4. The van der Waals surface area contributed by atoms with Crippen LogP contribution in [0.2, 0.25) is 0 Å². The van der Waals surface area contributed by atoms with E-state index in [4.69, 9.17) is 4.74 Å². The summed E-state index contributed by atoms with van der Waals surface area (Å²) in [5.41, 5.74) is 1.70. The third-order valence-corrected chi connectivity index (χ3v) is 4.94. The summed E-state index contributed by atoms with van der Waals surface area (Å²) in [7, 11) is 0. The van der Waals surface area contributed by atoms with Crippen molar-refractivity contribution >= 4 is 17.2 Å². The third kappa shape index (κ3) is 4.92. The number of ether oxygens (including phenoxy) is 1. The van der Waals surface area contributed by atoms with Crippen molar-refractivity contribution in [2.45, 2.75) is 19.9 Å². The van der Waals surface area contributed by atoms with Crippen LogP contribution < -0.4 is 4.74 Å². The van der Waals surface area contributed by atoms with Gasteiger partial charge in [0.1, 0.15) is 5.75 Å². The summed E-state index contributed by atoms with van der Waals surface area (Å²) in [6.07, 6.45) is 4.40. The standard InChI is InChI=1S/C21H22N2O2S/c1-2-25-19-9-7-18(8-10-19)21(24)23(13-11-20-6-4-14-26-20)16-17-5-3-12-22-15-17/h3-10,12,14-15H,2,11,13,16H2,1H3. The fourth-order valence-electron chi connectivity index (χ4n) is 2.71. The van der Waals surface area contributed by atoms with Crippen LogP contribution in [-0.4, -0.2) is 28.9 Å². The maximum Gasteiger partial charge on any atom is 0.254 e. The molecule has 4 nitrogen and oxygen atoms in total. The lowest BCUT2D eigenvalue weighted by Gasteiger charge is -2.23. The first-order valence-electron chi connectivity index (χ1n) is 8.69. The Kier molecular flexibility index (Phi) is 6.39. The average molecular weight is 366 g/mol. The largest absolute Gasteiger partial charge is 0.494 e. The fraction of sp³-hybridized carbons (Fsp3) is 0.238. The molecule has 0 bridgehead atoms. The van der Waals surface area contributed by atoms with Crippen LogP contribution in [-0.2, 0) is 13.0 Å². The number of carbonyl (C=O) groups is 1. The van der Waals surface area contributed by atoms with Gasteiger partial charge in [-0.1, -0.05) is 12.1 Å². The highest BCUT2D eigenvalue weighted by atomic mass is 32.1. The first-order chi connectivity index (χ1) is 12.8. The molecule has 3 aromatic rings. The van der Waals surface area contributed by atoms with Crippen LogP contribution in [0.15, 0.2) is 66.3 Å². The molecule has 0 saturated carbocycles. The lowest BCUT2D eigenvalue weighted by molar-refractivity contribution is 0.0745. The van der Waals surface area contributed by atoms with Crippen molar-refractivity contribution in [2.75, 3.05) is 13.2 Å². The maximum atomic E-state index is 13.0. The van der Waals surface area contributed by atoms with Crippen LogP contribution >= 0.6 is 11.3 Å². The SMILES string of the molecule is CCOc1ccc(C(=O)N(CCc2cccs2)Cc2cccnc2)cc1. The summed E-state index contributed by atoms with van der Waals surface area (Å²) in [5.74, 6) is 0.801. The molecule has 26 heavy (non-hydrogen) atoms. The van der Waals surface area contributed by atoms with Crippen molar-refractivity contribution in [2.24, 2.45) is 0 Å². The van der Waals surface area contributed by atoms with Gasteiger partial charge in [0.2, 0.25) is 0 Å². The third-order valence-electron chi connectivity index (χ3n) is 4.00. The number of hydrogen-bond donors (Lipinski definition) is 0. The molecule has 2 heterocycles. The van der Waals surface area contributed by atoms with E-state index >= 15 is 0 Å². The van der Waals surface area contributed by atoms with E-state index in [1.807, 2.05) is 60.5 Å². The van der Waals surface area contributed by atoms with Crippen molar-refractivity contribution in [3.63, 3.8) is 0 Å². The number of benzene rings is 1. The molecule has 0 fully saturated rings. The van der Waals surface area contributed by atoms with E-state index < -0.39 is 0 Å². The van der Waals surface area contributed by atoms with Gasteiger partial charge < -0.3 is 9.64 Å². The quantitative estimate of drug-likeness (QED) is 0.592. The van der Waals surface area contributed by atoms with E-state index in [0.717, 1.165) is 17.7 Å². The molecule has 0 aliphatic heterocycles. The minimum Gasteiger partial charge on any atom is -0.494 e. The van der Waals surface area contributed by atoms with Crippen molar-refractivity contribution in [1.29, 1.82) is 0 Å². The van der Waals surface area contributed by atoms with E-state index in [9.17, 15) is 4.79 Å². The summed E-state index contributed by atoms with van der Waals surface area (Å²) in [5, 5.41) is 2.06. The predicted molar refractivity (Wildman–Crippen MR) is 105 cm³/mol. The molecule has 134 valence electrons. The zero-order valence-electron chi connectivity index (χ0n) is 14.8. The first kappa shape index (κ1) is 18.1. The minimum atomic E-state index is 0.0217. The Balaban J connectivity index is 1.75. The highest BCUT2D eigenvalue weighted by Crippen LogP contribution is 2.17. The van der Waals surface area contributed by atoms with Gasteiger partial charge in [-0.25, -0.2) is 0 Å². The summed E-state index contributed by atoms with van der Waals surface area (Å²) < 4.78 is 5.46. The molecule has 0 N–H and O–H groups in total. The first-order valence-corrected chi connectivity index (χ1v) is 9.57. The molecule has 0 unspecified atom stereocenters. The molecular formula is C21H22N2O2S. The number of nitrogens with zero attached hydrogens (tertiary/aromatic N) is 2. The molecule has 1 aromatic carbocycles. The van der Waals surface area contributed by atoms with Crippen LogP contribution in [0.25, 0.3) is 0 Å². The van der Waals surface area contributed by atoms with Crippen LogP contribution in [0.5, 0.6) is 5.75 Å². The van der Waals surface area contributed by atoms with Gasteiger partial charge in [0.05, 0.1) is 6.61 Å². The summed E-state index contributed by atoms with van der Waals surface area (Å²) >= 11 is 1.72. The van der Waals surface area contributed by atoms with Crippen molar-refractivity contribution < 1.29 is 9.53 Å². The smallest absolute Gasteiger partial charge is 0.254 e. The molecule has 3 rings (SSSR count). The molecule has 2 aromatic heterocycles. The van der Waals surface area contributed by atoms with Gasteiger partial charge in [0.25, 0.3) is 5.91 Å². The van der Waals surface area contributed by atoms with Crippen molar-refractivity contribution in [3.8, 4) is 5.75 Å². The van der Waals surface area contributed by atoms with Gasteiger partial charge in [-0.15, -0.1) is 11.3 Å². The Bertz CT molecular complexity index is 802. The van der Waals surface area contributed by atoms with Crippen LogP contribution in [0.4, 0.5) is 0 Å². The second kappa shape index (κ2) is 9.15. The Morgan fingerprint density at radius 1 is 1.15 bits per heavy atom. The molecule has 0 aliphatic rings. The van der Waals surface area contributed by atoms with Crippen LogP contribution in [0.1, 0.15) is 27.7 Å². The minimum absolute atomic E-state index is 0.0217. The second-order valence-corrected chi connectivity index (χ2v) is 6.91. The Morgan fingerprint density at radius 3 is 2.65 bits per heavy atom. The van der Waals surface area contributed by atoms with Gasteiger partial charge in [-0.2, -0.15) is 0 Å². The highest BCUT2D eigenvalue weighted by molar-refractivity contribution is 7.09. The average Bonchev–Trinajstić information content (AvgIpc) is 3.20. The van der Waals surface area contributed by atoms with Gasteiger partial charge in [-0.05, 0) is 60.7 Å². The van der Waals surface area contributed by atoms with E-state index in [1.54, 1.807) is 17.5 Å². The number of hydrogen-bond acceptors (Lipinski definition) is 4. The van der Waals surface area contributed by atoms with Crippen LogP contribution in [0, 0.1) is 0 Å².